The van der Waals surface area contributed by atoms with Crippen LogP contribution in [0.1, 0.15) is 28.4 Å². The minimum atomic E-state index is -0.178. The van der Waals surface area contributed by atoms with Gasteiger partial charge < -0.3 is 15.2 Å². The number of hydrogen-bond acceptors (Lipinski definition) is 4. The molecular formula is C14H19NO3S. The molecule has 1 atom stereocenters. The van der Waals surface area contributed by atoms with Crippen molar-refractivity contribution in [2.75, 3.05) is 20.3 Å². The second-order valence-electron chi connectivity index (χ2n) is 4.40. The Balaban J connectivity index is 2.69. The maximum atomic E-state index is 12.1. The second-order valence-corrected chi connectivity index (χ2v) is 5.49. The van der Waals surface area contributed by atoms with E-state index in [4.69, 9.17) is 9.84 Å². The van der Waals surface area contributed by atoms with Gasteiger partial charge in [-0.1, -0.05) is 25.7 Å². The molecular weight excluding hydrogens is 262 g/mol. The minimum absolute atomic E-state index is 0.00780. The van der Waals surface area contributed by atoms with Gasteiger partial charge in [-0.3, -0.25) is 4.79 Å². The third kappa shape index (κ3) is 5.03. The lowest BCUT2D eigenvalue weighted by Crippen LogP contribution is -2.41. The lowest BCUT2D eigenvalue weighted by atomic mass is 10.1. The first-order valence-electron chi connectivity index (χ1n) is 6.07. The summed E-state index contributed by atoms with van der Waals surface area (Å²) in [6, 6.07) is 3.51. The molecule has 1 rings (SSSR count). The number of ether oxygens (including phenoxy) is 1. The average Bonchev–Trinajstić information content (AvgIpc) is 2.84. The van der Waals surface area contributed by atoms with Crippen LogP contribution in [0.15, 0.2) is 12.1 Å². The van der Waals surface area contributed by atoms with Gasteiger partial charge in [-0.2, -0.15) is 0 Å². The molecule has 0 spiro atoms. The monoisotopic (exact) mass is 281 g/mol. The van der Waals surface area contributed by atoms with E-state index in [0.29, 0.717) is 17.4 Å². The minimum Gasteiger partial charge on any atom is -0.384 e. The van der Waals surface area contributed by atoms with Crippen molar-refractivity contribution in [3.05, 3.63) is 21.9 Å². The maximum absolute atomic E-state index is 12.1. The summed E-state index contributed by atoms with van der Waals surface area (Å²) in [5, 5.41) is 11.6. The van der Waals surface area contributed by atoms with E-state index in [2.05, 4.69) is 17.2 Å². The molecule has 0 aliphatic carbocycles. The van der Waals surface area contributed by atoms with E-state index in [9.17, 15) is 4.79 Å². The van der Waals surface area contributed by atoms with Gasteiger partial charge in [0.1, 0.15) is 6.61 Å². The smallest absolute Gasteiger partial charge is 0.261 e. The number of carbonyl (C=O) groups is 1. The Hall–Kier alpha value is -1.35. The van der Waals surface area contributed by atoms with Gasteiger partial charge in [-0.05, 0) is 18.1 Å². The molecule has 0 aliphatic rings. The molecule has 4 nitrogen and oxygen atoms in total. The first-order chi connectivity index (χ1) is 9.08. The molecule has 0 bridgehead atoms. The van der Waals surface area contributed by atoms with Crippen molar-refractivity contribution in [1.29, 1.82) is 0 Å². The van der Waals surface area contributed by atoms with Crippen molar-refractivity contribution >= 4 is 17.2 Å². The largest absolute Gasteiger partial charge is 0.384 e. The van der Waals surface area contributed by atoms with Crippen molar-refractivity contribution in [3.8, 4) is 11.8 Å². The van der Waals surface area contributed by atoms with E-state index in [1.807, 2.05) is 13.8 Å². The molecule has 0 saturated carbocycles. The van der Waals surface area contributed by atoms with Crippen molar-refractivity contribution in [1.82, 2.24) is 5.32 Å². The zero-order valence-electron chi connectivity index (χ0n) is 11.4. The van der Waals surface area contributed by atoms with Gasteiger partial charge in [0, 0.05) is 7.11 Å². The number of carbonyl (C=O) groups excluding carboxylic acids is 1. The van der Waals surface area contributed by atoms with Crippen LogP contribution in [0, 0.1) is 17.8 Å². The van der Waals surface area contributed by atoms with Crippen LogP contribution < -0.4 is 5.32 Å². The highest BCUT2D eigenvalue weighted by Gasteiger charge is 2.17. The number of rotatable bonds is 5. The van der Waals surface area contributed by atoms with Crippen LogP contribution in [0.3, 0.4) is 0 Å². The van der Waals surface area contributed by atoms with Gasteiger partial charge in [-0.25, -0.2) is 0 Å². The number of aliphatic hydroxyl groups excluding tert-OH is 1. The predicted molar refractivity (Wildman–Crippen MR) is 76.3 cm³/mol. The maximum Gasteiger partial charge on any atom is 0.261 e. The SMILES string of the molecule is COCC(NC(=O)c1ccc(C#CCO)s1)C(C)C. The molecule has 0 radical (unpaired) electrons. The number of thiophene rings is 1. The molecule has 1 aromatic rings. The molecule has 1 heterocycles. The van der Waals surface area contributed by atoms with Crippen molar-refractivity contribution in [2.45, 2.75) is 19.9 Å². The molecule has 5 heteroatoms. The Labute approximate surface area is 117 Å². The van der Waals surface area contributed by atoms with Crippen LogP contribution >= 0.6 is 11.3 Å². The van der Waals surface area contributed by atoms with E-state index < -0.39 is 0 Å². The third-order valence-corrected chi connectivity index (χ3v) is 3.59. The number of nitrogens with one attached hydrogen (secondary N) is 1. The number of methoxy groups -OCH3 is 1. The third-order valence-electron chi connectivity index (χ3n) is 2.59. The molecule has 0 aromatic carbocycles. The molecule has 1 amide bonds. The number of aliphatic hydroxyl groups is 1. The molecule has 1 aromatic heterocycles. The zero-order valence-corrected chi connectivity index (χ0v) is 12.2. The average molecular weight is 281 g/mol. The van der Waals surface area contributed by atoms with Gasteiger partial charge in [0.05, 0.1) is 22.4 Å². The van der Waals surface area contributed by atoms with Crippen LogP contribution in [0.4, 0.5) is 0 Å². The molecule has 0 fully saturated rings. The fourth-order valence-electron chi connectivity index (χ4n) is 1.47. The second kappa shape index (κ2) is 7.95. The van der Waals surface area contributed by atoms with Crippen LogP contribution in [0.2, 0.25) is 0 Å². The Morgan fingerprint density at radius 1 is 1.53 bits per heavy atom. The number of amides is 1. The molecule has 0 saturated heterocycles. The summed E-state index contributed by atoms with van der Waals surface area (Å²) in [4.78, 5) is 13.5. The van der Waals surface area contributed by atoms with E-state index in [0.717, 1.165) is 4.88 Å². The Morgan fingerprint density at radius 3 is 2.84 bits per heavy atom. The molecule has 1 unspecified atom stereocenters. The summed E-state index contributed by atoms with van der Waals surface area (Å²) in [5.41, 5.74) is 0. The molecule has 19 heavy (non-hydrogen) atoms. The normalized spacial score (nSPS) is 11.8. The highest BCUT2D eigenvalue weighted by atomic mass is 32.1. The fraction of sp³-hybridized carbons (Fsp3) is 0.500. The summed E-state index contributed by atoms with van der Waals surface area (Å²) in [6.45, 7) is 4.39. The van der Waals surface area contributed by atoms with Crippen LogP contribution in [0.5, 0.6) is 0 Å². The highest BCUT2D eigenvalue weighted by molar-refractivity contribution is 7.14. The lowest BCUT2D eigenvalue weighted by molar-refractivity contribution is 0.0870. The number of hydrogen-bond donors (Lipinski definition) is 2. The van der Waals surface area contributed by atoms with Crippen molar-refractivity contribution in [3.63, 3.8) is 0 Å². The summed E-state index contributed by atoms with van der Waals surface area (Å²) in [5.74, 6) is 5.54. The van der Waals surface area contributed by atoms with E-state index in [1.165, 1.54) is 11.3 Å². The first kappa shape index (κ1) is 15.7. The van der Waals surface area contributed by atoms with Gasteiger partial charge >= 0.3 is 0 Å². The fourth-order valence-corrected chi connectivity index (χ4v) is 2.26. The summed E-state index contributed by atoms with van der Waals surface area (Å²) < 4.78 is 5.10. The standard InChI is InChI=1S/C14H19NO3S/c1-10(2)12(9-18-3)15-14(17)13-7-6-11(19-13)5-4-8-16/h6-7,10,12,16H,8-9H2,1-3H3,(H,15,17). The Bertz CT molecular complexity index is 471. The Morgan fingerprint density at radius 2 is 2.26 bits per heavy atom. The lowest BCUT2D eigenvalue weighted by Gasteiger charge is -2.21. The quantitative estimate of drug-likeness (QED) is 0.804. The van der Waals surface area contributed by atoms with Gasteiger partial charge in [-0.15, -0.1) is 11.3 Å². The van der Waals surface area contributed by atoms with Crippen LogP contribution in [-0.4, -0.2) is 37.4 Å². The van der Waals surface area contributed by atoms with Gasteiger partial charge in [0.2, 0.25) is 0 Å². The topological polar surface area (TPSA) is 58.6 Å². The Kier molecular flexibility index (Phi) is 6.57. The van der Waals surface area contributed by atoms with Crippen LogP contribution in [-0.2, 0) is 4.74 Å². The molecule has 104 valence electrons. The van der Waals surface area contributed by atoms with Crippen molar-refractivity contribution < 1.29 is 14.6 Å². The first-order valence-corrected chi connectivity index (χ1v) is 6.89. The molecule has 0 aliphatic heterocycles. The highest BCUT2D eigenvalue weighted by Crippen LogP contribution is 2.16. The zero-order chi connectivity index (χ0) is 14.3. The summed E-state index contributed by atoms with van der Waals surface area (Å²) in [6.07, 6.45) is 0. The van der Waals surface area contributed by atoms with Crippen LogP contribution in [0.25, 0.3) is 0 Å². The van der Waals surface area contributed by atoms with E-state index in [-0.39, 0.29) is 18.6 Å². The van der Waals surface area contributed by atoms with E-state index in [1.54, 1.807) is 19.2 Å². The predicted octanol–water partition coefficient (Wildman–Crippen LogP) is 1.49. The van der Waals surface area contributed by atoms with Gasteiger partial charge in [0.15, 0.2) is 0 Å². The van der Waals surface area contributed by atoms with E-state index >= 15 is 0 Å². The molecule has 2 N–H and O–H groups in total. The summed E-state index contributed by atoms with van der Waals surface area (Å²) >= 11 is 1.32. The van der Waals surface area contributed by atoms with Gasteiger partial charge in [0.25, 0.3) is 5.91 Å². The summed E-state index contributed by atoms with van der Waals surface area (Å²) in [7, 11) is 1.62. The van der Waals surface area contributed by atoms with Crippen molar-refractivity contribution in [2.24, 2.45) is 5.92 Å².